The minimum atomic E-state index is -0.161. The zero-order valence-corrected chi connectivity index (χ0v) is 12.2. The summed E-state index contributed by atoms with van der Waals surface area (Å²) >= 11 is 1.53. The lowest BCUT2D eigenvalue weighted by Gasteiger charge is -2.02. The number of benzene rings is 1. The molecule has 106 valence electrons. The third kappa shape index (κ3) is 3.17. The van der Waals surface area contributed by atoms with Crippen molar-refractivity contribution in [3.05, 3.63) is 58.8 Å². The van der Waals surface area contributed by atoms with Crippen LogP contribution in [0.5, 0.6) is 0 Å². The maximum Gasteiger partial charge on any atom is 0.257 e. The van der Waals surface area contributed by atoms with Crippen LogP contribution in [0.3, 0.4) is 0 Å². The number of hydrogen-bond acceptors (Lipinski definition) is 5. The second kappa shape index (κ2) is 5.88. The van der Waals surface area contributed by atoms with Gasteiger partial charge in [-0.25, -0.2) is 0 Å². The molecule has 0 bridgehead atoms. The largest absolute Gasteiger partial charge is 0.418 e. The van der Waals surface area contributed by atoms with E-state index in [0.717, 1.165) is 10.4 Å². The Morgan fingerprint density at radius 3 is 2.76 bits per heavy atom. The van der Waals surface area contributed by atoms with Crippen LogP contribution in [-0.4, -0.2) is 16.1 Å². The van der Waals surface area contributed by atoms with E-state index in [1.54, 1.807) is 12.1 Å². The predicted molar refractivity (Wildman–Crippen MR) is 80.0 cm³/mol. The van der Waals surface area contributed by atoms with Crippen molar-refractivity contribution in [1.29, 1.82) is 0 Å². The average molecular weight is 299 g/mol. The molecule has 0 atom stereocenters. The van der Waals surface area contributed by atoms with Crippen LogP contribution in [0.1, 0.15) is 21.8 Å². The van der Waals surface area contributed by atoms with Gasteiger partial charge in [-0.15, -0.1) is 21.5 Å². The molecular weight excluding hydrogens is 286 g/mol. The minimum Gasteiger partial charge on any atom is -0.418 e. The molecule has 5 nitrogen and oxygen atoms in total. The van der Waals surface area contributed by atoms with Gasteiger partial charge in [-0.05, 0) is 30.5 Å². The van der Waals surface area contributed by atoms with Gasteiger partial charge in [-0.1, -0.05) is 23.8 Å². The summed E-state index contributed by atoms with van der Waals surface area (Å²) < 4.78 is 5.51. The average Bonchev–Trinajstić information content (AvgIpc) is 3.16. The molecule has 0 spiro atoms. The number of nitrogens with one attached hydrogen (secondary N) is 1. The lowest BCUT2D eigenvalue weighted by atomic mass is 10.1. The zero-order chi connectivity index (χ0) is 14.7. The van der Waals surface area contributed by atoms with Gasteiger partial charge in [0.05, 0.1) is 11.4 Å². The maximum atomic E-state index is 12.0. The summed E-state index contributed by atoms with van der Waals surface area (Å²) in [6.45, 7) is 2.19. The van der Waals surface area contributed by atoms with Gasteiger partial charge >= 0.3 is 0 Å². The lowest BCUT2D eigenvalue weighted by Crippen LogP contribution is -2.22. The Morgan fingerprint density at radius 2 is 2.05 bits per heavy atom. The molecule has 2 heterocycles. The summed E-state index contributed by atoms with van der Waals surface area (Å²) in [5.41, 5.74) is 1.72. The van der Waals surface area contributed by atoms with Crippen LogP contribution in [0.25, 0.3) is 10.8 Å². The molecule has 0 aliphatic rings. The zero-order valence-electron chi connectivity index (χ0n) is 11.4. The van der Waals surface area contributed by atoms with E-state index >= 15 is 0 Å². The first-order valence-corrected chi connectivity index (χ1v) is 7.31. The van der Waals surface area contributed by atoms with Gasteiger partial charge in [-0.3, -0.25) is 4.79 Å². The van der Waals surface area contributed by atoms with Crippen molar-refractivity contribution in [3.63, 3.8) is 0 Å². The first-order valence-electron chi connectivity index (χ1n) is 6.43. The van der Waals surface area contributed by atoms with Crippen molar-refractivity contribution in [2.45, 2.75) is 13.5 Å². The van der Waals surface area contributed by atoms with Crippen LogP contribution in [0.2, 0.25) is 0 Å². The fourth-order valence-corrected chi connectivity index (χ4v) is 2.43. The van der Waals surface area contributed by atoms with E-state index in [9.17, 15) is 4.79 Å². The predicted octanol–water partition coefficient (Wildman–Crippen LogP) is 3.04. The smallest absolute Gasteiger partial charge is 0.257 e. The third-order valence-corrected chi connectivity index (χ3v) is 3.77. The summed E-state index contributed by atoms with van der Waals surface area (Å²) in [6, 6.07) is 11.2. The number of aromatic nitrogens is 2. The summed E-state index contributed by atoms with van der Waals surface area (Å²) in [7, 11) is 0. The van der Waals surface area contributed by atoms with E-state index in [1.807, 2.05) is 36.6 Å². The van der Waals surface area contributed by atoms with E-state index in [4.69, 9.17) is 4.42 Å². The number of carbonyl (C=O) groups excluding carboxylic acids is 1. The SMILES string of the molecule is Cc1ccc(C(=O)NCc2nnc(-c3cccs3)o2)cc1. The van der Waals surface area contributed by atoms with Crippen LogP contribution >= 0.6 is 11.3 Å². The van der Waals surface area contributed by atoms with Crippen molar-refractivity contribution in [1.82, 2.24) is 15.5 Å². The quantitative estimate of drug-likeness (QED) is 0.804. The third-order valence-electron chi connectivity index (χ3n) is 2.91. The van der Waals surface area contributed by atoms with Crippen molar-refractivity contribution in [2.75, 3.05) is 0 Å². The Balaban J connectivity index is 1.62. The molecule has 1 N–H and O–H groups in total. The Labute approximate surface area is 125 Å². The van der Waals surface area contributed by atoms with E-state index < -0.39 is 0 Å². The maximum absolute atomic E-state index is 12.0. The van der Waals surface area contributed by atoms with Gasteiger partial charge in [0.25, 0.3) is 11.8 Å². The van der Waals surface area contributed by atoms with Crippen molar-refractivity contribution in [2.24, 2.45) is 0 Å². The molecule has 0 aliphatic carbocycles. The highest BCUT2D eigenvalue weighted by Crippen LogP contribution is 2.22. The number of amides is 1. The van der Waals surface area contributed by atoms with Gasteiger partial charge in [-0.2, -0.15) is 0 Å². The molecular formula is C15H13N3O2S. The number of rotatable bonds is 4. The lowest BCUT2D eigenvalue weighted by molar-refractivity contribution is 0.0947. The number of aryl methyl sites for hydroxylation is 1. The monoisotopic (exact) mass is 299 g/mol. The number of nitrogens with zero attached hydrogens (tertiary/aromatic N) is 2. The van der Waals surface area contributed by atoms with Crippen molar-refractivity contribution < 1.29 is 9.21 Å². The van der Waals surface area contributed by atoms with Crippen LogP contribution in [-0.2, 0) is 6.54 Å². The highest BCUT2D eigenvalue weighted by molar-refractivity contribution is 7.13. The Morgan fingerprint density at radius 1 is 1.24 bits per heavy atom. The van der Waals surface area contributed by atoms with Gasteiger partial charge < -0.3 is 9.73 Å². The van der Waals surface area contributed by atoms with Crippen molar-refractivity contribution >= 4 is 17.2 Å². The number of thiophene rings is 1. The molecule has 2 aromatic heterocycles. The molecule has 0 saturated heterocycles. The minimum absolute atomic E-state index is 0.161. The Bertz CT molecular complexity index is 733. The summed E-state index contributed by atoms with van der Waals surface area (Å²) in [5.74, 6) is 0.703. The normalized spacial score (nSPS) is 10.5. The fraction of sp³-hybridized carbons (Fsp3) is 0.133. The van der Waals surface area contributed by atoms with Gasteiger partial charge in [0.2, 0.25) is 5.89 Å². The van der Waals surface area contributed by atoms with E-state index in [-0.39, 0.29) is 12.5 Å². The molecule has 3 aromatic rings. The molecule has 3 rings (SSSR count). The molecule has 0 radical (unpaired) electrons. The highest BCUT2D eigenvalue weighted by Gasteiger charge is 2.11. The summed E-state index contributed by atoms with van der Waals surface area (Å²) in [6.07, 6.45) is 0. The molecule has 0 saturated carbocycles. The molecule has 0 aliphatic heterocycles. The molecule has 0 fully saturated rings. The van der Waals surface area contributed by atoms with E-state index in [1.165, 1.54) is 11.3 Å². The van der Waals surface area contributed by atoms with Crippen molar-refractivity contribution in [3.8, 4) is 10.8 Å². The number of hydrogen-bond donors (Lipinski definition) is 1. The van der Waals surface area contributed by atoms with Gasteiger partial charge in [0.1, 0.15) is 0 Å². The van der Waals surface area contributed by atoms with Gasteiger partial charge in [0.15, 0.2) is 0 Å². The first kappa shape index (κ1) is 13.5. The van der Waals surface area contributed by atoms with Crippen LogP contribution in [0, 0.1) is 6.92 Å². The molecule has 1 amide bonds. The topological polar surface area (TPSA) is 68.0 Å². The summed E-state index contributed by atoms with van der Waals surface area (Å²) in [5, 5.41) is 12.6. The molecule has 6 heteroatoms. The van der Waals surface area contributed by atoms with Crippen LogP contribution < -0.4 is 5.32 Å². The molecule has 0 unspecified atom stereocenters. The van der Waals surface area contributed by atoms with E-state index in [2.05, 4.69) is 15.5 Å². The standard InChI is InChI=1S/C15H13N3O2S/c1-10-4-6-11(7-5-10)14(19)16-9-13-17-18-15(20-13)12-3-2-8-21-12/h2-8H,9H2,1H3,(H,16,19). The number of carbonyl (C=O) groups is 1. The van der Waals surface area contributed by atoms with E-state index in [0.29, 0.717) is 17.3 Å². The fourth-order valence-electron chi connectivity index (χ4n) is 1.79. The molecule has 21 heavy (non-hydrogen) atoms. The second-order valence-corrected chi connectivity index (χ2v) is 5.47. The Kier molecular flexibility index (Phi) is 3.79. The molecule has 1 aromatic carbocycles. The highest BCUT2D eigenvalue weighted by atomic mass is 32.1. The second-order valence-electron chi connectivity index (χ2n) is 4.53. The van der Waals surface area contributed by atoms with Crippen LogP contribution in [0.15, 0.2) is 46.2 Å². The van der Waals surface area contributed by atoms with Gasteiger partial charge in [0, 0.05) is 5.56 Å². The first-order chi connectivity index (χ1) is 10.2. The Hall–Kier alpha value is -2.47. The van der Waals surface area contributed by atoms with Crippen LogP contribution in [0.4, 0.5) is 0 Å². The summed E-state index contributed by atoms with van der Waals surface area (Å²) in [4.78, 5) is 12.9.